The molecule has 0 saturated carbocycles. The summed E-state index contributed by atoms with van der Waals surface area (Å²) >= 11 is 0. The summed E-state index contributed by atoms with van der Waals surface area (Å²) < 4.78 is 33.3. The fraction of sp³-hybridized carbons (Fsp3) is 0. The lowest BCUT2D eigenvalue weighted by molar-refractivity contribution is 0.668. The second-order valence-corrected chi connectivity index (χ2v) is 34.0. The smallest absolute Gasteiger partial charge is 0.135 e. The SMILES string of the molecule is N#Cc1ccc2c(c1)c1ccccc1n2-c1ccccc1-c1ccc2oc3ccccc3c2c1.N#Cc1ccc2c3ccccc3n(-c3ccccc3-c3ccc4oc5ccccc5c4c3)c2c1.N#Cc1cccc2c1c1ccccc1n2-c1ccccc1-c1ccc2oc3ccccc3c2c1.N#Cc1cccc2c3ccccc3n(-c3ccccc3-c3ccc4oc5ccccc5c4c3)c12. The molecule has 28 rings (SSSR count). The van der Waals surface area contributed by atoms with E-state index in [-0.39, 0.29) is 0 Å². The number of nitriles is 4. The van der Waals surface area contributed by atoms with Crippen LogP contribution in [-0.2, 0) is 0 Å². The molecule has 0 saturated heterocycles. The first-order valence-electron chi connectivity index (χ1n) is 45.1. The fourth-order valence-corrected chi connectivity index (χ4v) is 20.6. The van der Waals surface area contributed by atoms with Crippen LogP contribution in [-0.4, -0.2) is 18.3 Å². The quantitative estimate of drug-likeness (QED) is 0.145. The molecule has 0 bridgehead atoms. The lowest BCUT2D eigenvalue weighted by Crippen LogP contribution is -1.98. The van der Waals surface area contributed by atoms with Crippen LogP contribution in [0.1, 0.15) is 22.3 Å². The molecule has 632 valence electrons. The molecule has 136 heavy (non-hydrogen) atoms. The highest BCUT2D eigenvalue weighted by atomic mass is 16.3. The Hall–Kier alpha value is -19.2. The van der Waals surface area contributed by atoms with Crippen molar-refractivity contribution in [2.24, 2.45) is 0 Å². The molecule has 0 unspecified atom stereocenters. The third-order valence-electron chi connectivity index (χ3n) is 26.6. The molecule has 0 radical (unpaired) electrons. The molecule has 20 aromatic carbocycles. The number of hydrogen-bond donors (Lipinski definition) is 0. The van der Waals surface area contributed by atoms with Gasteiger partial charge in [0.05, 0.1) is 107 Å². The second-order valence-electron chi connectivity index (χ2n) is 34.0. The first-order valence-corrected chi connectivity index (χ1v) is 45.1. The van der Waals surface area contributed by atoms with Crippen LogP contribution in [0.5, 0.6) is 0 Å². The van der Waals surface area contributed by atoms with Gasteiger partial charge in [-0.25, -0.2) is 0 Å². The van der Waals surface area contributed by atoms with E-state index in [1.54, 1.807) is 0 Å². The number of nitrogens with zero attached hydrogens (tertiary/aromatic N) is 8. The number of benzene rings is 20. The third kappa shape index (κ3) is 12.9. The lowest BCUT2D eigenvalue weighted by Gasteiger charge is -2.14. The van der Waals surface area contributed by atoms with Crippen LogP contribution < -0.4 is 0 Å². The van der Waals surface area contributed by atoms with E-state index in [0.29, 0.717) is 22.3 Å². The Morgan fingerprint density at radius 2 is 0.456 bits per heavy atom. The molecule has 12 nitrogen and oxygen atoms in total. The summed E-state index contributed by atoms with van der Waals surface area (Å²) in [7, 11) is 0. The van der Waals surface area contributed by atoms with Crippen molar-refractivity contribution in [3.8, 4) is 91.5 Å². The van der Waals surface area contributed by atoms with Crippen molar-refractivity contribution in [2.75, 3.05) is 0 Å². The zero-order chi connectivity index (χ0) is 90.6. The van der Waals surface area contributed by atoms with Crippen molar-refractivity contribution in [3.05, 3.63) is 459 Å². The standard InChI is InChI=1S/4C31H18N2O/c32-19-21-8-7-14-28-31(21)24-11-2-5-13-27(24)33(28)26-12-4-1-9-22(26)20-16-17-30-25(18-20)23-10-3-6-15-29(23)34-30;32-19-21-8-7-12-25-23-10-2-5-14-28(23)33(31(21)25)27-13-4-1-9-22(27)20-16-17-30-26(18-20)24-11-3-6-15-29(24)34-30;32-19-20-13-15-24-23-8-2-5-11-28(23)33(29(24)17-20)27-10-4-1-7-22(27)21-14-16-31-26(18-21)25-9-3-6-12-30(25)34-31;32-19-20-13-15-29-25(17-20)23-8-2-5-11-28(23)33(29)27-10-4-1-7-22(27)21-14-16-31-26(18-21)24-9-3-6-12-30(24)34-31/h4*1-18H. The van der Waals surface area contributed by atoms with Crippen LogP contribution in [0, 0.1) is 45.3 Å². The molecule has 8 aromatic heterocycles. The van der Waals surface area contributed by atoms with Crippen LogP contribution in [0.2, 0.25) is 0 Å². The largest absolute Gasteiger partial charge is 0.456 e. The molecule has 0 atom stereocenters. The molecule has 0 fully saturated rings. The van der Waals surface area contributed by atoms with Crippen molar-refractivity contribution in [1.82, 2.24) is 18.3 Å². The van der Waals surface area contributed by atoms with Crippen molar-refractivity contribution in [1.29, 1.82) is 21.0 Å². The molecule has 0 N–H and O–H groups in total. The maximum atomic E-state index is 9.94. The van der Waals surface area contributed by atoms with Crippen molar-refractivity contribution < 1.29 is 17.7 Å². The Morgan fingerprint density at radius 1 is 0.169 bits per heavy atom. The van der Waals surface area contributed by atoms with E-state index in [1.165, 1.54) is 5.39 Å². The maximum absolute atomic E-state index is 9.94. The van der Waals surface area contributed by atoms with Crippen molar-refractivity contribution >= 4 is 175 Å². The summed E-state index contributed by atoms with van der Waals surface area (Å²) in [4.78, 5) is 0. The predicted octanol–water partition coefficient (Wildman–Crippen LogP) is 32.9. The predicted molar refractivity (Wildman–Crippen MR) is 553 cm³/mol. The Kier molecular flexibility index (Phi) is 18.8. The minimum Gasteiger partial charge on any atom is -0.456 e. The Labute approximate surface area is 777 Å². The normalized spacial score (nSPS) is 11.5. The summed E-state index contributed by atoms with van der Waals surface area (Å²) in [5.41, 5.74) is 31.6. The van der Waals surface area contributed by atoms with Gasteiger partial charge in [0, 0.05) is 108 Å². The van der Waals surface area contributed by atoms with Crippen molar-refractivity contribution in [3.63, 3.8) is 0 Å². The van der Waals surface area contributed by atoms with Gasteiger partial charge in [-0.15, -0.1) is 0 Å². The van der Waals surface area contributed by atoms with Gasteiger partial charge in [-0.3, -0.25) is 0 Å². The summed E-state index contributed by atoms with van der Waals surface area (Å²) in [5.74, 6) is 0. The van der Waals surface area contributed by atoms with Gasteiger partial charge < -0.3 is 35.9 Å². The molecule has 28 aromatic rings. The summed E-state index contributed by atoms with van der Waals surface area (Å²) in [6, 6.07) is 159. The second kappa shape index (κ2) is 32.4. The van der Waals surface area contributed by atoms with Gasteiger partial charge in [0.15, 0.2) is 0 Å². The van der Waals surface area contributed by atoms with Gasteiger partial charge in [0.1, 0.15) is 50.7 Å². The van der Waals surface area contributed by atoms with E-state index >= 15 is 0 Å². The Balaban J connectivity index is 0.0000000965. The van der Waals surface area contributed by atoms with Gasteiger partial charge in [-0.05, 0) is 192 Å². The van der Waals surface area contributed by atoms with E-state index in [9.17, 15) is 21.0 Å². The number of fused-ring (bicyclic) bond motifs is 24. The lowest BCUT2D eigenvalue weighted by atomic mass is 10.0. The van der Waals surface area contributed by atoms with Gasteiger partial charge in [0.25, 0.3) is 0 Å². The number of para-hydroxylation sites is 13. The maximum Gasteiger partial charge on any atom is 0.135 e. The molecule has 0 spiro atoms. The number of aromatic nitrogens is 4. The molecule has 0 amide bonds. The van der Waals surface area contributed by atoms with Gasteiger partial charge in [-0.2, -0.15) is 21.0 Å². The minimum atomic E-state index is 0.653. The van der Waals surface area contributed by atoms with E-state index in [1.807, 2.05) is 133 Å². The fourth-order valence-electron chi connectivity index (χ4n) is 20.6. The van der Waals surface area contributed by atoms with Crippen LogP contribution >= 0.6 is 0 Å². The zero-order valence-corrected chi connectivity index (χ0v) is 72.8. The van der Waals surface area contributed by atoms with Crippen molar-refractivity contribution in [2.45, 2.75) is 0 Å². The van der Waals surface area contributed by atoms with Gasteiger partial charge in [-0.1, -0.05) is 267 Å². The van der Waals surface area contributed by atoms with Crippen LogP contribution in [0.3, 0.4) is 0 Å². The van der Waals surface area contributed by atoms with Gasteiger partial charge >= 0.3 is 0 Å². The van der Waals surface area contributed by atoms with E-state index in [4.69, 9.17) is 17.7 Å². The number of rotatable bonds is 8. The highest BCUT2D eigenvalue weighted by Crippen LogP contribution is 2.47. The summed E-state index contributed by atoms with van der Waals surface area (Å²) in [5, 5.41) is 56.5. The van der Waals surface area contributed by atoms with E-state index in [2.05, 4.69) is 346 Å². The molecular weight excluding hydrogens is 1670 g/mol. The van der Waals surface area contributed by atoms with Crippen LogP contribution in [0.4, 0.5) is 0 Å². The average molecular weight is 1740 g/mol. The van der Waals surface area contributed by atoms with Crippen LogP contribution in [0.15, 0.2) is 454 Å². The zero-order valence-electron chi connectivity index (χ0n) is 72.8. The molecule has 8 heterocycles. The highest BCUT2D eigenvalue weighted by molar-refractivity contribution is 6.17. The first kappa shape index (κ1) is 79.0. The molecule has 12 heteroatoms. The first-order chi connectivity index (χ1) is 67.3. The Morgan fingerprint density at radius 3 is 0.890 bits per heavy atom. The molecule has 0 aliphatic carbocycles. The number of furan rings is 4. The minimum absolute atomic E-state index is 0.653. The van der Waals surface area contributed by atoms with Crippen LogP contribution in [0.25, 0.3) is 242 Å². The topological polar surface area (TPSA) is 167 Å². The molecule has 0 aliphatic rings. The van der Waals surface area contributed by atoms with Gasteiger partial charge in [0.2, 0.25) is 0 Å². The molecular formula is C124H72N8O4. The highest BCUT2D eigenvalue weighted by Gasteiger charge is 2.25. The van der Waals surface area contributed by atoms with E-state index < -0.39 is 0 Å². The molecule has 0 aliphatic heterocycles. The average Bonchev–Trinajstić information content (AvgIpc) is 1.62. The third-order valence-corrected chi connectivity index (χ3v) is 26.6. The monoisotopic (exact) mass is 1740 g/mol. The van der Waals surface area contributed by atoms with E-state index in [0.717, 1.165) is 237 Å². The summed E-state index contributed by atoms with van der Waals surface area (Å²) in [6.07, 6.45) is 0. The number of hydrogen-bond acceptors (Lipinski definition) is 8. The Bertz CT molecular complexity index is 9820. The summed E-state index contributed by atoms with van der Waals surface area (Å²) in [6.45, 7) is 0.